The van der Waals surface area contributed by atoms with Crippen LogP contribution in [0.5, 0.6) is 0 Å². The van der Waals surface area contributed by atoms with E-state index >= 15 is 0 Å². The Morgan fingerprint density at radius 2 is 1.94 bits per heavy atom. The third kappa shape index (κ3) is 2.90. The third-order valence-corrected chi connectivity index (χ3v) is 3.74. The zero-order chi connectivity index (χ0) is 12.2. The van der Waals surface area contributed by atoms with Gasteiger partial charge in [0, 0.05) is 32.2 Å². The van der Waals surface area contributed by atoms with Crippen LogP contribution in [-0.4, -0.2) is 36.1 Å². The number of ether oxygens (including phenoxy) is 2. The highest BCUT2D eigenvalue weighted by atomic mass is 16.5. The van der Waals surface area contributed by atoms with Crippen molar-refractivity contribution in [2.45, 2.75) is 50.5 Å². The molecule has 0 amide bonds. The van der Waals surface area contributed by atoms with Crippen LogP contribution in [0.2, 0.25) is 0 Å². The summed E-state index contributed by atoms with van der Waals surface area (Å²) in [6.07, 6.45) is 6.57. The van der Waals surface area contributed by atoms with Gasteiger partial charge in [0.25, 0.3) is 0 Å². The molecule has 0 aromatic carbocycles. The molecule has 18 heavy (non-hydrogen) atoms. The number of hydrogen-bond acceptors (Lipinski definition) is 5. The molecule has 2 aliphatic rings. The summed E-state index contributed by atoms with van der Waals surface area (Å²) >= 11 is 0. The lowest BCUT2D eigenvalue weighted by atomic mass is 10.0. The normalized spacial score (nSPS) is 26.3. The fourth-order valence-electron chi connectivity index (χ4n) is 2.63. The van der Waals surface area contributed by atoms with Gasteiger partial charge in [0.05, 0.1) is 6.10 Å². The monoisotopic (exact) mass is 252 g/mol. The average molecular weight is 252 g/mol. The van der Waals surface area contributed by atoms with Gasteiger partial charge in [-0.1, -0.05) is 5.16 Å². The lowest BCUT2D eigenvalue weighted by Crippen LogP contribution is -2.22. The summed E-state index contributed by atoms with van der Waals surface area (Å²) in [4.78, 5) is 4.51. The number of aromatic nitrogens is 2. The van der Waals surface area contributed by atoms with Crippen molar-refractivity contribution in [3.8, 4) is 0 Å². The maximum Gasteiger partial charge on any atom is 0.229 e. The lowest BCUT2D eigenvalue weighted by molar-refractivity contribution is 0.0153. The Hall–Kier alpha value is -0.940. The Balaban J connectivity index is 1.58. The highest BCUT2D eigenvalue weighted by Gasteiger charge is 2.23. The maximum atomic E-state index is 5.69. The molecule has 0 unspecified atom stereocenters. The Morgan fingerprint density at radius 1 is 1.06 bits per heavy atom. The summed E-state index contributed by atoms with van der Waals surface area (Å²) in [6, 6.07) is 0. The predicted octanol–water partition coefficient (Wildman–Crippen LogP) is 2.08. The molecule has 1 atom stereocenters. The molecule has 5 nitrogen and oxygen atoms in total. The number of hydrogen-bond donors (Lipinski definition) is 0. The fraction of sp³-hybridized carbons (Fsp3) is 0.846. The van der Waals surface area contributed by atoms with Crippen LogP contribution >= 0.6 is 0 Å². The van der Waals surface area contributed by atoms with Crippen molar-refractivity contribution in [1.82, 2.24) is 10.1 Å². The Bertz CT molecular complexity index is 368. The van der Waals surface area contributed by atoms with Crippen LogP contribution < -0.4 is 0 Å². The highest BCUT2D eigenvalue weighted by molar-refractivity contribution is 4.96. The van der Waals surface area contributed by atoms with Crippen LogP contribution in [0.25, 0.3) is 0 Å². The Kier molecular flexibility index (Phi) is 3.90. The van der Waals surface area contributed by atoms with E-state index in [4.69, 9.17) is 14.0 Å². The van der Waals surface area contributed by atoms with Crippen molar-refractivity contribution in [3.63, 3.8) is 0 Å². The van der Waals surface area contributed by atoms with E-state index in [2.05, 4.69) is 10.1 Å². The fourth-order valence-corrected chi connectivity index (χ4v) is 2.63. The second-order valence-corrected chi connectivity index (χ2v) is 5.13. The van der Waals surface area contributed by atoms with Crippen molar-refractivity contribution in [2.24, 2.45) is 0 Å². The second kappa shape index (κ2) is 5.80. The van der Waals surface area contributed by atoms with Crippen LogP contribution in [0.3, 0.4) is 0 Å². The second-order valence-electron chi connectivity index (χ2n) is 5.13. The minimum atomic E-state index is 0.277. The molecule has 100 valence electrons. The topological polar surface area (TPSA) is 57.4 Å². The van der Waals surface area contributed by atoms with E-state index in [0.717, 1.165) is 57.2 Å². The first-order valence-corrected chi connectivity index (χ1v) is 6.93. The van der Waals surface area contributed by atoms with Gasteiger partial charge in [-0.25, -0.2) is 0 Å². The van der Waals surface area contributed by atoms with E-state index in [9.17, 15) is 0 Å². The molecule has 2 fully saturated rings. The molecule has 2 saturated heterocycles. The molecular weight excluding hydrogens is 232 g/mol. The van der Waals surface area contributed by atoms with E-state index in [0.29, 0.717) is 5.92 Å². The van der Waals surface area contributed by atoms with Gasteiger partial charge >= 0.3 is 0 Å². The quantitative estimate of drug-likeness (QED) is 0.824. The van der Waals surface area contributed by atoms with Crippen molar-refractivity contribution < 1.29 is 14.0 Å². The van der Waals surface area contributed by atoms with Gasteiger partial charge in [0.1, 0.15) is 0 Å². The highest BCUT2D eigenvalue weighted by Crippen LogP contribution is 2.25. The molecule has 3 rings (SSSR count). The van der Waals surface area contributed by atoms with Gasteiger partial charge in [-0.2, -0.15) is 4.98 Å². The first-order chi connectivity index (χ1) is 8.92. The zero-order valence-corrected chi connectivity index (χ0v) is 10.6. The van der Waals surface area contributed by atoms with Crippen molar-refractivity contribution in [3.05, 3.63) is 11.7 Å². The molecular formula is C13H20N2O3. The molecule has 5 heteroatoms. The molecule has 1 aromatic heterocycles. The standard InChI is InChI=1S/C13H20N2O3/c1-2-6-17-11(3-1)9-12-14-13(18-15-12)10-4-7-16-8-5-10/h10-11H,1-9H2/t11-/m1/s1. The van der Waals surface area contributed by atoms with E-state index in [1.54, 1.807) is 0 Å². The van der Waals surface area contributed by atoms with Crippen molar-refractivity contribution >= 4 is 0 Å². The van der Waals surface area contributed by atoms with E-state index in [1.807, 2.05) is 0 Å². The smallest absolute Gasteiger partial charge is 0.229 e. The number of rotatable bonds is 3. The molecule has 0 N–H and O–H groups in total. The van der Waals surface area contributed by atoms with Gasteiger partial charge in [0.15, 0.2) is 5.82 Å². The first kappa shape index (κ1) is 12.1. The molecule has 0 saturated carbocycles. The summed E-state index contributed by atoms with van der Waals surface area (Å²) < 4.78 is 16.4. The van der Waals surface area contributed by atoms with Crippen LogP contribution in [-0.2, 0) is 15.9 Å². The third-order valence-electron chi connectivity index (χ3n) is 3.74. The number of nitrogens with zero attached hydrogens (tertiary/aromatic N) is 2. The van der Waals surface area contributed by atoms with Gasteiger partial charge in [-0.15, -0.1) is 0 Å². The Morgan fingerprint density at radius 3 is 2.72 bits per heavy atom. The Labute approximate surface area is 107 Å². The molecule has 0 spiro atoms. The summed E-state index contributed by atoms with van der Waals surface area (Å²) in [7, 11) is 0. The SMILES string of the molecule is C1CC[C@H](Cc2noc(C3CCOCC3)n2)OC1. The van der Waals surface area contributed by atoms with Crippen LogP contribution in [0.4, 0.5) is 0 Å². The van der Waals surface area contributed by atoms with E-state index < -0.39 is 0 Å². The van der Waals surface area contributed by atoms with Crippen LogP contribution in [0.1, 0.15) is 49.7 Å². The zero-order valence-electron chi connectivity index (χ0n) is 10.6. The summed E-state index contributed by atoms with van der Waals surface area (Å²) in [5.41, 5.74) is 0. The molecule has 0 radical (unpaired) electrons. The van der Waals surface area contributed by atoms with Crippen molar-refractivity contribution in [2.75, 3.05) is 19.8 Å². The van der Waals surface area contributed by atoms with Crippen LogP contribution in [0, 0.1) is 0 Å². The first-order valence-electron chi connectivity index (χ1n) is 6.93. The molecule has 0 bridgehead atoms. The van der Waals surface area contributed by atoms with Gasteiger partial charge in [-0.3, -0.25) is 0 Å². The van der Waals surface area contributed by atoms with Crippen molar-refractivity contribution in [1.29, 1.82) is 0 Å². The summed E-state index contributed by atoms with van der Waals surface area (Å²) in [5.74, 6) is 1.96. The molecule has 0 aliphatic carbocycles. The average Bonchev–Trinajstić information content (AvgIpc) is 2.89. The largest absolute Gasteiger partial charge is 0.381 e. The van der Waals surface area contributed by atoms with Gasteiger partial charge in [0.2, 0.25) is 5.89 Å². The summed E-state index contributed by atoms with van der Waals surface area (Å²) in [6.45, 7) is 2.47. The minimum absolute atomic E-state index is 0.277. The summed E-state index contributed by atoms with van der Waals surface area (Å²) in [5, 5.41) is 4.08. The van der Waals surface area contributed by atoms with E-state index in [1.165, 1.54) is 12.8 Å². The molecule has 2 aliphatic heterocycles. The lowest BCUT2D eigenvalue weighted by Gasteiger charge is -2.21. The van der Waals surface area contributed by atoms with E-state index in [-0.39, 0.29) is 6.10 Å². The van der Waals surface area contributed by atoms with Gasteiger partial charge < -0.3 is 14.0 Å². The molecule has 3 heterocycles. The molecule has 1 aromatic rings. The van der Waals surface area contributed by atoms with Gasteiger partial charge in [-0.05, 0) is 32.1 Å². The maximum absolute atomic E-state index is 5.69. The van der Waals surface area contributed by atoms with Crippen LogP contribution in [0.15, 0.2) is 4.52 Å². The minimum Gasteiger partial charge on any atom is -0.381 e. The predicted molar refractivity (Wildman–Crippen MR) is 64.4 cm³/mol.